The van der Waals surface area contributed by atoms with Crippen molar-refractivity contribution in [3.8, 4) is 0 Å². The van der Waals surface area contributed by atoms with Crippen molar-refractivity contribution in [3.63, 3.8) is 0 Å². The molecule has 0 aromatic heterocycles. The highest BCUT2D eigenvalue weighted by molar-refractivity contribution is 7.91. The summed E-state index contributed by atoms with van der Waals surface area (Å²) in [4.78, 5) is 25.7. The van der Waals surface area contributed by atoms with Crippen LogP contribution in [0.2, 0.25) is 5.02 Å². The highest BCUT2D eigenvalue weighted by Crippen LogP contribution is 2.29. The number of nitrogens with one attached hydrogen (secondary N) is 1. The molecular formula is C21H24ClN3O5S. The molecule has 10 heteroatoms. The van der Waals surface area contributed by atoms with Crippen LogP contribution in [-0.2, 0) is 16.4 Å². The van der Waals surface area contributed by atoms with Crippen molar-refractivity contribution in [2.75, 3.05) is 23.4 Å². The molecule has 0 saturated carbocycles. The summed E-state index contributed by atoms with van der Waals surface area (Å²) in [5.41, 5.74) is 0.989. The zero-order valence-electron chi connectivity index (χ0n) is 17.1. The third-order valence-corrected chi connectivity index (χ3v) is 7.36. The minimum Gasteiger partial charge on any atom is -0.375 e. The van der Waals surface area contributed by atoms with Crippen molar-refractivity contribution in [2.24, 2.45) is 0 Å². The van der Waals surface area contributed by atoms with Crippen molar-refractivity contribution < 1.29 is 18.1 Å². The van der Waals surface area contributed by atoms with Gasteiger partial charge in [0, 0.05) is 35.8 Å². The maximum Gasteiger partial charge on any atom is 0.293 e. The number of anilines is 1. The lowest BCUT2D eigenvalue weighted by atomic mass is 10.1. The van der Waals surface area contributed by atoms with E-state index in [1.165, 1.54) is 23.1 Å². The zero-order valence-corrected chi connectivity index (χ0v) is 18.7. The lowest BCUT2D eigenvalue weighted by Crippen LogP contribution is -2.41. The van der Waals surface area contributed by atoms with Crippen LogP contribution in [0, 0.1) is 10.1 Å². The number of hydrogen-bond acceptors (Lipinski definition) is 6. The van der Waals surface area contributed by atoms with Gasteiger partial charge in [-0.15, -0.1) is 0 Å². The molecule has 2 aromatic carbocycles. The highest BCUT2D eigenvalue weighted by atomic mass is 35.5. The molecule has 166 valence electrons. The molecule has 8 nitrogen and oxygen atoms in total. The van der Waals surface area contributed by atoms with E-state index in [1.807, 2.05) is 19.1 Å². The Hall–Kier alpha value is -2.65. The number of nitrogens with zero attached hydrogens (tertiary/aromatic N) is 2. The monoisotopic (exact) mass is 465 g/mol. The minimum absolute atomic E-state index is 0.0518. The van der Waals surface area contributed by atoms with Crippen molar-refractivity contribution in [1.82, 2.24) is 4.90 Å². The number of benzene rings is 2. The second-order valence-corrected chi connectivity index (χ2v) is 10.1. The standard InChI is InChI=1S/C21H24ClN3O5S/c1-2-10-24(17-9-11-31(29,30)14-17)21(26)15-7-8-19(20(12-15)25(27)28)23-13-16-5-3-4-6-18(16)22/h3-8,12,17,23H,2,9-11,13-14H2,1H3. The van der Waals surface area contributed by atoms with Crippen LogP contribution < -0.4 is 5.32 Å². The van der Waals surface area contributed by atoms with Crippen molar-refractivity contribution in [2.45, 2.75) is 32.4 Å². The molecule has 0 radical (unpaired) electrons. The number of nitro benzene ring substituents is 1. The summed E-state index contributed by atoms with van der Waals surface area (Å²) in [5.74, 6) is -0.418. The first kappa shape index (κ1) is 23.0. The molecule has 1 fully saturated rings. The maximum absolute atomic E-state index is 13.1. The van der Waals surface area contributed by atoms with E-state index in [9.17, 15) is 23.3 Å². The number of carbonyl (C=O) groups excluding carboxylic acids is 1. The first-order valence-electron chi connectivity index (χ1n) is 9.99. The summed E-state index contributed by atoms with van der Waals surface area (Å²) in [5, 5.41) is 15.2. The molecule has 1 heterocycles. The first-order valence-corrected chi connectivity index (χ1v) is 12.2. The van der Waals surface area contributed by atoms with E-state index in [-0.39, 0.29) is 35.0 Å². The van der Waals surface area contributed by atoms with Crippen molar-refractivity contribution >= 4 is 38.7 Å². The van der Waals surface area contributed by atoms with Gasteiger partial charge in [0.05, 0.1) is 16.4 Å². The Balaban J connectivity index is 1.84. The number of halogens is 1. The number of rotatable bonds is 8. The molecule has 1 N–H and O–H groups in total. The molecule has 3 rings (SSSR count). The third kappa shape index (κ3) is 5.54. The molecule has 0 spiro atoms. The van der Waals surface area contributed by atoms with Gasteiger partial charge in [0.15, 0.2) is 9.84 Å². The number of nitro groups is 1. The van der Waals surface area contributed by atoms with E-state index >= 15 is 0 Å². The predicted molar refractivity (Wildman–Crippen MR) is 120 cm³/mol. The molecule has 0 bridgehead atoms. The SMILES string of the molecule is CCCN(C(=O)c1ccc(NCc2ccccc2Cl)c([N+](=O)[O-])c1)C1CCS(=O)(=O)C1. The molecular weight excluding hydrogens is 442 g/mol. The number of carbonyl (C=O) groups is 1. The topological polar surface area (TPSA) is 110 Å². The van der Waals surface area contributed by atoms with Crippen LogP contribution in [0.15, 0.2) is 42.5 Å². The van der Waals surface area contributed by atoms with E-state index in [4.69, 9.17) is 11.6 Å². The summed E-state index contributed by atoms with van der Waals surface area (Å²) in [6, 6.07) is 11.0. The Labute approximate surface area is 186 Å². The van der Waals surface area contributed by atoms with E-state index in [2.05, 4.69) is 5.32 Å². The van der Waals surface area contributed by atoms with Crippen LogP contribution in [-0.4, -0.2) is 48.2 Å². The summed E-state index contributed by atoms with van der Waals surface area (Å²) in [6.45, 7) is 2.57. The summed E-state index contributed by atoms with van der Waals surface area (Å²) in [7, 11) is -3.16. The van der Waals surface area contributed by atoms with Gasteiger partial charge in [-0.05, 0) is 36.6 Å². The molecule has 2 aromatic rings. The first-order chi connectivity index (χ1) is 14.7. The number of sulfone groups is 1. The predicted octanol–water partition coefficient (Wildman–Crippen LogP) is 3.90. The zero-order chi connectivity index (χ0) is 22.6. The second-order valence-electron chi connectivity index (χ2n) is 7.49. The second kappa shape index (κ2) is 9.65. The smallest absolute Gasteiger partial charge is 0.293 e. The summed E-state index contributed by atoms with van der Waals surface area (Å²) in [6.07, 6.45) is 1.04. The van der Waals surface area contributed by atoms with Gasteiger partial charge < -0.3 is 10.2 Å². The largest absolute Gasteiger partial charge is 0.375 e. The Morgan fingerprint density at radius 3 is 2.65 bits per heavy atom. The van der Waals surface area contributed by atoms with Gasteiger partial charge in [-0.1, -0.05) is 36.7 Å². The normalized spacial score (nSPS) is 17.3. The van der Waals surface area contributed by atoms with Crippen LogP contribution in [0.5, 0.6) is 0 Å². The van der Waals surface area contributed by atoms with Crippen LogP contribution in [0.1, 0.15) is 35.7 Å². The van der Waals surface area contributed by atoms with Gasteiger partial charge >= 0.3 is 0 Å². The third-order valence-electron chi connectivity index (χ3n) is 5.24. The van der Waals surface area contributed by atoms with Gasteiger partial charge in [0.25, 0.3) is 11.6 Å². The summed E-state index contributed by atoms with van der Waals surface area (Å²) >= 11 is 6.14. The highest BCUT2D eigenvalue weighted by Gasteiger charge is 2.35. The fraction of sp³-hybridized carbons (Fsp3) is 0.381. The Kier molecular flexibility index (Phi) is 7.17. The Bertz CT molecular complexity index is 1090. The number of hydrogen-bond donors (Lipinski definition) is 1. The van der Waals surface area contributed by atoms with Crippen LogP contribution in [0.3, 0.4) is 0 Å². The summed E-state index contributed by atoms with van der Waals surface area (Å²) < 4.78 is 23.7. The van der Waals surface area contributed by atoms with Gasteiger partial charge in [-0.2, -0.15) is 0 Å². The lowest BCUT2D eigenvalue weighted by molar-refractivity contribution is -0.384. The maximum atomic E-state index is 13.1. The van der Waals surface area contributed by atoms with Gasteiger partial charge in [-0.3, -0.25) is 14.9 Å². The molecule has 0 aliphatic carbocycles. The molecule has 31 heavy (non-hydrogen) atoms. The fourth-order valence-electron chi connectivity index (χ4n) is 3.68. The molecule has 1 aliphatic heterocycles. The molecule has 1 unspecified atom stereocenters. The minimum atomic E-state index is -3.16. The van der Waals surface area contributed by atoms with Crippen molar-refractivity contribution in [1.29, 1.82) is 0 Å². The van der Waals surface area contributed by atoms with Crippen LogP contribution in [0.4, 0.5) is 11.4 Å². The number of amides is 1. The van der Waals surface area contributed by atoms with E-state index in [0.29, 0.717) is 24.4 Å². The van der Waals surface area contributed by atoms with E-state index in [1.54, 1.807) is 12.1 Å². The van der Waals surface area contributed by atoms with E-state index < -0.39 is 26.7 Å². The fourth-order valence-corrected chi connectivity index (χ4v) is 5.61. The van der Waals surface area contributed by atoms with Gasteiger partial charge in [-0.25, -0.2) is 8.42 Å². The van der Waals surface area contributed by atoms with Gasteiger partial charge in [0.1, 0.15) is 5.69 Å². The Morgan fingerprint density at radius 2 is 2.03 bits per heavy atom. The quantitative estimate of drug-likeness (QED) is 0.467. The van der Waals surface area contributed by atoms with Crippen LogP contribution >= 0.6 is 11.6 Å². The molecule has 1 saturated heterocycles. The molecule has 1 amide bonds. The van der Waals surface area contributed by atoms with Gasteiger partial charge in [0.2, 0.25) is 0 Å². The molecule has 1 atom stereocenters. The van der Waals surface area contributed by atoms with Crippen molar-refractivity contribution in [3.05, 3.63) is 68.7 Å². The molecule has 1 aliphatic rings. The van der Waals surface area contributed by atoms with Crippen LogP contribution in [0.25, 0.3) is 0 Å². The Morgan fingerprint density at radius 1 is 1.29 bits per heavy atom. The average molecular weight is 466 g/mol. The average Bonchev–Trinajstić information content (AvgIpc) is 3.10. The lowest BCUT2D eigenvalue weighted by Gasteiger charge is -2.28. The van der Waals surface area contributed by atoms with E-state index in [0.717, 1.165) is 5.56 Å².